The highest BCUT2D eigenvalue weighted by Crippen LogP contribution is 2.19. The summed E-state index contributed by atoms with van der Waals surface area (Å²) in [6.45, 7) is 6.28. The van der Waals surface area contributed by atoms with Gasteiger partial charge in [-0.25, -0.2) is 0 Å². The number of carbonyl (C=O) groups is 1. The quantitative estimate of drug-likeness (QED) is 0.422. The van der Waals surface area contributed by atoms with Gasteiger partial charge in [0.05, 0.1) is 0 Å². The summed E-state index contributed by atoms with van der Waals surface area (Å²) in [5, 5.41) is 0. The van der Waals surface area contributed by atoms with Gasteiger partial charge in [0, 0.05) is 10.5 Å². The number of allylic oxidation sites excluding steroid dienone is 1. The molecule has 0 saturated heterocycles. The van der Waals surface area contributed by atoms with Crippen LogP contribution in [0.5, 0.6) is 0 Å². The van der Waals surface area contributed by atoms with E-state index >= 15 is 0 Å². The van der Waals surface area contributed by atoms with Crippen molar-refractivity contribution >= 4 is 23.6 Å². The third-order valence-corrected chi connectivity index (χ3v) is 4.40. The number of rotatable bonds is 5. The first-order chi connectivity index (χ1) is 10.1. The SMILES string of the molecule is CCSc1ccc(C(=O)C=Cc2cccc(C)c2C)cc1. The number of hydrogen-bond acceptors (Lipinski definition) is 2. The Morgan fingerprint density at radius 1 is 1.10 bits per heavy atom. The molecule has 0 aliphatic rings. The molecule has 0 unspecified atom stereocenters. The molecule has 0 radical (unpaired) electrons. The molecular formula is C19H20OS. The molecule has 2 rings (SSSR count). The Morgan fingerprint density at radius 2 is 1.81 bits per heavy atom. The van der Waals surface area contributed by atoms with Crippen LogP contribution in [0.3, 0.4) is 0 Å². The highest BCUT2D eigenvalue weighted by molar-refractivity contribution is 7.99. The zero-order chi connectivity index (χ0) is 15.2. The first-order valence-corrected chi connectivity index (χ1v) is 8.12. The average molecular weight is 296 g/mol. The maximum Gasteiger partial charge on any atom is 0.185 e. The first-order valence-electron chi connectivity index (χ1n) is 7.13. The lowest BCUT2D eigenvalue weighted by atomic mass is 10.0. The van der Waals surface area contributed by atoms with Gasteiger partial charge in [-0.05, 0) is 66.6 Å². The molecule has 0 N–H and O–H groups in total. The molecule has 108 valence electrons. The second kappa shape index (κ2) is 7.28. The van der Waals surface area contributed by atoms with Gasteiger partial charge in [-0.2, -0.15) is 0 Å². The molecule has 1 nitrogen and oxygen atoms in total. The predicted octanol–water partition coefficient (Wildman–Crippen LogP) is 5.31. The van der Waals surface area contributed by atoms with Crippen molar-refractivity contribution in [2.24, 2.45) is 0 Å². The molecule has 2 heteroatoms. The molecule has 0 aliphatic heterocycles. The summed E-state index contributed by atoms with van der Waals surface area (Å²) in [7, 11) is 0. The van der Waals surface area contributed by atoms with Crippen LogP contribution < -0.4 is 0 Å². The molecule has 2 aromatic rings. The number of benzene rings is 2. The van der Waals surface area contributed by atoms with Crippen LogP contribution in [0.15, 0.2) is 53.4 Å². The van der Waals surface area contributed by atoms with Gasteiger partial charge in [0.15, 0.2) is 5.78 Å². The normalized spacial score (nSPS) is 11.0. The Morgan fingerprint density at radius 3 is 2.48 bits per heavy atom. The predicted molar refractivity (Wildman–Crippen MR) is 92.1 cm³/mol. The zero-order valence-electron chi connectivity index (χ0n) is 12.7. The molecule has 2 aromatic carbocycles. The van der Waals surface area contributed by atoms with Crippen molar-refractivity contribution in [2.75, 3.05) is 5.75 Å². The van der Waals surface area contributed by atoms with Crippen molar-refractivity contribution in [3.8, 4) is 0 Å². The number of carbonyl (C=O) groups excluding carboxylic acids is 1. The fourth-order valence-electron chi connectivity index (χ4n) is 2.10. The van der Waals surface area contributed by atoms with Crippen LogP contribution >= 0.6 is 11.8 Å². The molecule has 0 spiro atoms. The van der Waals surface area contributed by atoms with E-state index in [2.05, 4.69) is 26.8 Å². The lowest BCUT2D eigenvalue weighted by molar-refractivity contribution is 0.104. The fraction of sp³-hybridized carbons (Fsp3) is 0.211. The molecule has 0 atom stereocenters. The van der Waals surface area contributed by atoms with Crippen molar-refractivity contribution in [3.05, 3.63) is 70.8 Å². The van der Waals surface area contributed by atoms with Gasteiger partial charge in [0.2, 0.25) is 0 Å². The van der Waals surface area contributed by atoms with E-state index in [0.717, 1.165) is 16.9 Å². The summed E-state index contributed by atoms with van der Waals surface area (Å²) in [4.78, 5) is 13.4. The monoisotopic (exact) mass is 296 g/mol. The highest BCUT2D eigenvalue weighted by Gasteiger charge is 2.03. The van der Waals surface area contributed by atoms with Gasteiger partial charge in [0.25, 0.3) is 0 Å². The van der Waals surface area contributed by atoms with E-state index < -0.39 is 0 Å². The Kier molecular flexibility index (Phi) is 5.40. The van der Waals surface area contributed by atoms with E-state index in [1.807, 2.05) is 42.5 Å². The summed E-state index contributed by atoms with van der Waals surface area (Å²) in [6, 6.07) is 13.9. The van der Waals surface area contributed by atoms with Crippen molar-refractivity contribution in [1.82, 2.24) is 0 Å². The number of ketones is 1. The molecule has 0 bridgehead atoms. The second-order valence-corrected chi connectivity index (χ2v) is 6.28. The van der Waals surface area contributed by atoms with E-state index in [0.29, 0.717) is 0 Å². The average Bonchev–Trinajstić information content (AvgIpc) is 2.49. The van der Waals surface area contributed by atoms with E-state index in [4.69, 9.17) is 0 Å². The van der Waals surface area contributed by atoms with Gasteiger partial charge in [-0.1, -0.05) is 31.2 Å². The Bertz CT molecular complexity index is 654. The van der Waals surface area contributed by atoms with Crippen LogP contribution in [0.4, 0.5) is 0 Å². The largest absolute Gasteiger partial charge is 0.289 e. The van der Waals surface area contributed by atoms with E-state index in [9.17, 15) is 4.79 Å². The topological polar surface area (TPSA) is 17.1 Å². The minimum Gasteiger partial charge on any atom is -0.289 e. The van der Waals surface area contributed by atoms with Crippen LogP contribution in [0.25, 0.3) is 6.08 Å². The van der Waals surface area contributed by atoms with Gasteiger partial charge in [0.1, 0.15) is 0 Å². The fourth-order valence-corrected chi connectivity index (χ4v) is 2.76. The van der Waals surface area contributed by atoms with Crippen LogP contribution in [-0.4, -0.2) is 11.5 Å². The third-order valence-electron chi connectivity index (χ3n) is 3.51. The van der Waals surface area contributed by atoms with Gasteiger partial charge in [-0.3, -0.25) is 4.79 Å². The highest BCUT2D eigenvalue weighted by atomic mass is 32.2. The minimum atomic E-state index is 0.0453. The molecule has 0 aliphatic carbocycles. The van der Waals surface area contributed by atoms with E-state index in [-0.39, 0.29) is 5.78 Å². The first kappa shape index (κ1) is 15.6. The number of hydrogen-bond donors (Lipinski definition) is 0. The van der Waals surface area contributed by atoms with Crippen LogP contribution in [0.1, 0.15) is 34.0 Å². The van der Waals surface area contributed by atoms with Crippen molar-refractivity contribution in [1.29, 1.82) is 0 Å². The molecule has 0 fully saturated rings. The Labute approximate surface area is 131 Å². The zero-order valence-corrected chi connectivity index (χ0v) is 13.5. The minimum absolute atomic E-state index is 0.0453. The smallest absolute Gasteiger partial charge is 0.185 e. The molecule has 0 aromatic heterocycles. The standard InChI is InChI=1S/C19H20OS/c1-4-21-18-11-8-17(9-12-18)19(20)13-10-16-7-5-6-14(2)15(16)3/h5-13H,4H2,1-3H3. The van der Waals surface area contributed by atoms with E-state index in [1.54, 1.807) is 17.8 Å². The number of aryl methyl sites for hydroxylation is 1. The third kappa shape index (κ3) is 4.08. The molecule has 21 heavy (non-hydrogen) atoms. The summed E-state index contributed by atoms with van der Waals surface area (Å²) in [5.74, 6) is 1.09. The summed E-state index contributed by atoms with van der Waals surface area (Å²) in [5.41, 5.74) is 4.29. The summed E-state index contributed by atoms with van der Waals surface area (Å²) >= 11 is 1.78. The van der Waals surface area contributed by atoms with Gasteiger partial charge < -0.3 is 0 Å². The van der Waals surface area contributed by atoms with Crippen LogP contribution in [0, 0.1) is 13.8 Å². The molecule has 0 amide bonds. The lowest BCUT2D eigenvalue weighted by Crippen LogP contribution is -1.94. The Hall–Kier alpha value is -1.80. The Balaban J connectivity index is 2.13. The van der Waals surface area contributed by atoms with Crippen molar-refractivity contribution in [2.45, 2.75) is 25.7 Å². The summed E-state index contributed by atoms with van der Waals surface area (Å²) in [6.07, 6.45) is 3.56. The summed E-state index contributed by atoms with van der Waals surface area (Å²) < 4.78 is 0. The number of thioether (sulfide) groups is 1. The van der Waals surface area contributed by atoms with Crippen molar-refractivity contribution in [3.63, 3.8) is 0 Å². The maximum absolute atomic E-state index is 12.2. The maximum atomic E-state index is 12.2. The van der Waals surface area contributed by atoms with Gasteiger partial charge in [-0.15, -0.1) is 11.8 Å². The molecule has 0 heterocycles. The van der Waals surface area contributed by atoms with E-state index in [1.165, 1.54) is 16.0 Å². The van der Waals surface area contributed by atoms with Crippen LogP contribution in [-0.2, 0) is 0 Å². The lowest BCUT2D eigenvalue weighted by Gasteiger charge is -2.04. The molecule has 0 saturated carbocycles. The van der Waals surface area contributed by atoms with Crippen LogP contribution in [0.2, 0.25) is 0 Å². The van der Waals surface area contributed by atoms with Crippen molar-refractivity contribution < 1.29 is 4.79 Å². The van der Waals surface area contributed by atoms with Gasteiger partial charge >= 0.3 is 0 Å². The second-order valence-electron chi connectivity index (χ2n) is 4.94. The molecular weight excluding hydrogens is 276 g/mol.